The second-order valence-corrected chi connectivity index (χ2v) is 3.59. The summed E-state index contributed by atoms with van der Waals surface area (Å²) in [6, 6.07) is -0.0991. The molecule has 1 fully saturated rings. The van der Waals surface area contributed by atoms with Crippen LogP contribution in [0, 0.1) is 5.82 Å². The summed E-state index contributed by atoms with van der Waals surface area (Å²) < 4.78 is 12.8. The standard InChI is InChI=1S/C9H12FN3O2/c10-6-8(14)12-7(13-9(6)15)5-3-1-2-4-11-5/h5,11H,1-4H2,(H2,12,13,14,15). The molecule has 0 bridgehead atoms. The summed E-state index contributed by atoms with van der Waals surface area (Å²) in [6.07, 6.45) is 2.93. The molecule has 1 aliphatic heterocycles. The average Bonchev–Trinajstić information content (AvgIpc) is 2.26. The van der Waals surface area contributed by atoms with Crippen LogP contribution < -0.4 is 10.9 Å². The van der Waals surface area contributed by atoms with Crippen molar-refractivity contribution in [2.75, 3.05) is 6.54 Å². The molecule has 82 valence electrons. The Bertz CT molecular complexity index is 412. The molecular weight excluding hydrogens is 201 g/mol. The van der Waals surface area contributed by atoms with Crippen molar-refractivity contribution in [1.82, 2.24) is 15.3 Å². The van der Waals surface area contributed by atoms with Crippen LogP contribution >= 0.6 is 0 Å². The van der Waals surface area contributed by atoms with Gasteiger partial charge in [0.15, 0.2) is 0 Å². The highest BCUT2D eigenvalue weighted by Crippen LogP contribution is 2.20. The van der Waals surface area contributed by atoms with Gasteiger partial charge in [0.2, 0.25) is 5.82 Å². The summed E-state index contributed by atoms with van der Waals surface area (Å²) in [4.78, 5) is 17.0. The molecule has 15 heavy (non-hydrogen) atoms. The van der Waals surface area contributed by atoms with Gasteiger partial charge < -0.3 is 15.4 Å². The van der Waals surface area contributed by atoms with Crippen LogP contribution in [0.5, 0.6) is 5.88 Å². The maximum Gasteiger partial charge on any atom is 0.291 e. The van der Waals surface area contributed by atoms with E-state index in [0.717, 1.165) is 25.8 Å². The van der Waals surface area contributed by atoms with E-state index >= 15 is 0 Å². The highest BCUT2D eigenvalue weighted by atomic mass is 19.1. The molecule has 3 N–H and O–H groups in total. The fourth-order valence-electron chi connectivity index (χ4n) is 1.71. The molecule has 0 saturated carbocycles. The van der Waals surface area contributed by atoms with E-state index in [9.17, 15) is 9.18 Å². The van der Waals surface area contributed by atoms with Crippen molar-refractivity contribution >= 4 is 0 Å². The van der Waals surface area contributed by atoms with E-state index in [4.69, 9.17) is 5.11 Å². The first kappa shape index (κ1) is 10.1. The SMILES string of the molecule is O=c1[nH]c(C2CCCCN2)nc(O)c1F. The lowest BCUT2D eigenvalue weighted by molar-refractivity contribution is 0.368. The Morgan fingerprint density at radius 3 is 2.87 bits per heavy atom. The molecule has 1 aromatic rings. The summed E-state index contributed by atoms with van der Waals surface area (Å²) >= 11 is 0. The van der Waals surface area contributed by atoms with Gasteiger partial charge in [0.05, 0.1) is 6.04 Å². The quantitative estimate of drug-likeness (QED) is 0.632. The Balaban J connectivity index is 2.32. The lowest BCUT2D eigenvalue weighted by Crippen LogP contribution is -2.30. The van der Waals surface area contributed by atoms with Gasteiger partial charge in [-0.15, -0.1) is 0 Å². The van der Waals surface area contributed by atoms with Crippen LogP contribution in [0.25, 0.3) is 0 Å². The van der Waals surface area contributed by atoms with Crippen LogP contribution in [-0.4, -0.2) is 21.6 Å². The molecule has 0 radical (unpaired) electrons. The number of H-pyrrole nitrogens is 1. The largest absolute Gasteiger partial charge is 0.491 e. The minimum absolute atomic E-state index is 0.0991. The molecule has 0 spiro atoms. The third-order valence-electron chi connectivity index (χ3n) is 2.50. The second-order valence-electron chi connectivity index (χ2n) is 3.59. The Kier molecular flexibility index (Phi) is 2.68. The van der Waals surface area contributed by atoms with E-state index in [0.29, 0.717) is 5.82 Å². The van der Waals surface area contributed by atoms with Crippen LogP contribution in [-0.2, 0) is 0 Å². The van der Waals surface area contributed by atoms with E-state index in [2.05, 4.69) is 15.3 Å². The number of aromatic nitrogens is 2. The first-order chi connectivity index (χ1) is 7.18. The number of aromatic hydroxyl groups is 1. The molecule has 1 aromatic heterocycles. The summed E-state index contributed by atoms with van der Waals surface area (Å²) in [7, 11) is 0. The van der Waals surface area contributed by atoms with Crippen LogP contribution in [0.3, 0.4) is 0 Å². The average molecular weight is 213 g/mol. The van der Waals surface area contributed by atoms with E-state index in [-0.39, 0.29) is 6.04 Å². The van der Waals surface area contributed by atoms with Crippen molar-refractivity contribution in [2.24, 2.45) is 0 Å². The van der Waals surface area contributed by atoms with Gasteiger partial charge in [0.25, 0.3) is 11.4 Å². The summed E-state index contributed by atoms with van der Waals surface area (Å²) in [5.41, 5.74) is -0.926. The molecule has 6 heteroatoms. The van der Waals surface area contributed by atoms with Crippen LogP contribution in [0.15, 0.2) is 4.79 Å². The molecule has 2 heterocycles. The van der Waals surface area contributed by atoms with Gasteiger partial charge in [0, 0.05) is 0 Å². The monoisotopic (exact) mass is 213 g/mol. The highest BCUT2D eigenvalue weighted by molar-refractivity contribution is 5.12. The van der Waals surface area contributed by atoms with Gasteiger partial charge in [-0.1, -0.05) is 6.42 Å². The predicted molar refractivity (Wildman–Crippen MR) is 51.1 cm³/mol. The zero-order valence-electron chi connectivity index (χ0n) is 8.09. The zero-order chi connectivity index (χ0) is 10.8. The third kappa shape index (κ3) is 1.99. The summed E-state index contributed by atoms with van der Waals surface area (Å²) in [5.74, 6) is -1.76. The minimum atomic E-state index is -1.23. The van der Waals surface area contributed by atoms with Crippen molar-refractivity contribution < 1.29 is 9.50 Å². The van der Waals surface area contributed by atoms with Crippen LogP contribution in [0.4, 0.5) is 4.39 Å². The number of rotatable bonds is 1. The molecule has 5 nitrogen and oxygen atoms in total. The van der Waals surface area contributed by atoms with Crippen molar-refractivity contribution in [1.29, 1.82) is 0 Å². The number of nitrogens with zero attached hydrogens (tertiary/aromatic N) is 1. The molecule has 0 amide bonds. The van der Waals surface area contributed by atoms with Gasteiger partial charge in [-0.2, -0.15) is 9.37 Å². The molecule has 0 aliphatic carbocycles. The number of piperidine rings is 1. The Hall–Kier alpha value is -1.43. The summed E-state index contributed by atoms with van der Waals surface area (Å²) in [6.45, 7) is 0.840. The molecule has 1 unspecified atom stereocenters. The Labute approximate surface area is 85.4 Å². The number of hydrogen-bond acceptors (Lipinski definition) is 4. The lowest BCUT2D eigenvalue weighted by Gasteiger charge is -2.22. The zero-order valence-corrected chi connectivity index (χ0v) is 8.09. The maximum atomic E-state index is 12.8. The molecule has 1 atom stereocenters. The van der Waals surface area contributed by atoms with E-state index in [1.54, 1.807) is 0 Å². The molecular formula is C9H12FN3O2. The number of aromatic amines is 1. The molecule has 2 rings (SSSR count). The fraction of sp³-hybridized carbons (Fsp3) is 0.556. The molecule has 0 aromatic carbocycles. The van der Waals surface area contributed by atoms with Gasteiger partial charge in [0.1, 0.15) is 5.82 Å². The number of halogens is 1. The van der Waals surface area contributed by atoms with Crippen molar-refractivity contribution in [2.45, 2.75) is 25.3 Å². The minimum Gasteiger partial charge on any atom is -0.491 e. The van der Waals surface area contributed by atoms with Gasteiger partial charge >= 0.3 is 0 Å². The normalized spacial score (nSPS) is 21.5. The van der Waals surface area contributed by atoms with Crippen molar-refractivity contribution in [3.63, 3.8) is 0 Å². The third-order valence-corrected chi connectivity index (χ3v) is 2.50. The van der Waals surface area contributed by atoms with Gasteiger partial charge in [-0.25, -0.2) is 0 Å². The van der Waals surface area contributed by atoms with Crippen molar-refractivity contribution in [3.05, 3.63) is 22.0 Å². The Morgan fingerprint density at radius 2 is 2.27 bits per heavy atom. The predicted octanol–water partition coefficient (Wildman–Crippen LogP) is 0.429. The first-order valence-corrected chi connectivity index (χ1v) is 4.90. The van der Waals surface area contributed by atoms with Gasteiger partial charge in [-0.05, 0) is 19.4 Å². The Morgan fingerprint density at radius 1 is 1.47 bits per heavy atom. The summed E-state index contributed by atoms with van der Waals surface area (Å²) in [5, 5.41) is 12.2. The number of hydrogen-bond donors (Lipinski definition) is 3. The van der Waals surface area contributed by atoms with E-state index < -0.39 is 17.3 Å². The van der Waals surface area contributed by atoms with E-state index in [1.165, 1.54) is 0 Å². The smallest absolute Gasteiger partial charge is 0.291 e. The molecule has 1 aliphatic rings. The van der Waals surface area contributed by atoms with E-state index in [1.807, 2.05) is 0 Å². The maximum absolute atomic E-state index is 12.8. The fourth-order valence-corrected chi connectivity index (χ4v) is 1.71. The highest BCUT2D eigenvalue weighted by Gasteiger charge is 2.19. The van der Waals surface area contributed by atoms with Crippen LogP contribution in [0.1, 0.15) is 31.1 Å². The van der Waals surface area contributed by atoms with Crippen molar-refractivity contribution in [3.8, 4) is 5.88 Å². The van der Waals surface area contributed by atoms with Gasteiger partial charge in [-0.3, -0.25) is 4.79 Å². The second kappa shape index (κ2) is 3.98. The first-order valence-electron chi connectivity index (χ1n) is 4.90. The lowest BCUT2D eigenvalue weighted by atomic mass is 10.0. The van der Waals surface area contributed by atoms with Crippen LogP contribution in [0.2, 0.25) is 0 Å². The molecule has 1 saturated heterocycles. The topological polar surface area (TPSA) is 78.0 Å². The number of nitrogens with one attached hydrogen (secondary N) is 2.